The zero-order valence-corrected chi connectivity index (χ0v) is 22.5. The van der Waals surface area contributed by atoms with E-state index >= 15 is 0 Å². The molecule has 0 radical (unpaired) electrons. The van der Waals surface area contributed by atoms with Crippen molar-refractivity contribution in [1.82, 2.24) is 20.4 Å². The quantitative estimate of drug-likeness (QED) is 0.246. The molecule has 0 aromatic carbocycles. The Bertz CT molecular complexity index is 988. The fourth-order valence-corrected chi connectivity index (χ4v) is 5.34. The minimum absolute atomic E-state index is 0.104. The molecule has 3 rings (SSSR count). The standard InChI is InChI=1S/C28H39FN4O2S/c1-4-30-26(21(2)18-27(34)33-15-13-32(3)14-16-33)20-24-23-19-22(10-11-25(23)31-28(24)35)36-17-9-7-5-6-8-12-29/h7-9,11-12,19-20,22,30H,4-6,10,13-18H2,1-3H3,(H,31,35)/b9-7+,12-8+,24-20?,26-21-. The predicted octanol–water partition coefficient (Wildman–Crippen LogP) is 4.23. The van der Waals surface area contributed by atoms with Gasteiger partial charge in [-0.2, -0.15) is 0 Å². The summed E-state index contributed by atoms with van der Waals surface area (Å²) in [6.45, 7) is 7.99. The molecule has 2 N–H and O–H groups in total. The van der Waals surface area contributed by atoms with Crippen LogP contribution in [0, 0.1) is 0 Å². The number of carbonyl (C=O) groups excluding carboxylic acids is 2. The lowest BCUT2D eigenvalue weighted by Gasteiger charge is -2.32. The van der Waals surface area contributed by atoms with Gasteiger partial charge in [0.05, 0.1) is 11.9 Å². The highest BCUT2D eigenvalue weighted by Gasteiger charge is 2.30. The Hall–Kier alpha value is -2.58. The number of nitrogens with one attached hydrogen (secondary N) is 2. The molecule has 1 unspecified atom stereocenters. The number of fused-ring (bicyclic) bond motifs is 1. The molecule has 36 heavy (non-hydrogen) atoms. The molecule has 2 heterocycles. The summed E-state index contributed by atoms with van der Waals surface area (Å²) in [7, 11) is 2.08. The monoisotopic (exact) mass is 514 g/mol. The fraction of sp³-hybridized carbons (Fsp3) is 0.500. The molecule has 0 saturated carbocycles. The number of rotatable bonds is 11. The molecule has 2 fully saturated rings. The van der Waals surface area contributed by atoms with E-state index in [1.54, 1.807) is 0 Å². The number of likely N-dealkylation sites (N-methyl/N-ethyl adjacent to an activating group) is 2. The molecule has 1 atom stereocenters. The van der Waals surface area contributed by atoms with E-state index in [1.807, 2.05) is 36.6 Å². The number of thioether (sulfide) groups is 1. The topological polar surface area (TPSA) is 64.7 Å². The molecular formula is C28H39FN4O2S. The average molecular weight is 515 g/mol. The number of hydrogen-bond donors (Lipinski definition) is 2. The van der Waals surface area contributed by atoms with Crippen LogP contribution in [0.15, 0.2) is 70.9 Å². The predicted molar refractivity (Wildman–Crippen MR) is 147 cm³/mol. The second-order valence-corrected chi connectivity index (χ2v) is 10.6. The maximum atomic E-state index is 12.9. The van der Waals surface area contributed by atoms with E-state index in [-0.39, 0.29) is 17.1 Å². The van der Waals surface area contributed by atoms with Crippen LogP contribution in [-0.4, -0.2) is 72.4 Å². The molecule has 0 spiro atoms. The maximum absolute atomic E-state index is 12.9. The van der Waals surface area contributed by atoms with E-state index in [9.17, 15) is 14.0 Å². The van der Waals surface area contributed by atoms with Crippen molar-refractivity contribution in [1.29, 1.82) is 0 Å². The van der Waals surface area contributed by atoms with Crippen LogP contribution in [0.1, 0.15) is 39.5 Å². The van der Waals surface area contributed by atoms with Crippen molar-refractivity contribution in [3.05, 3.63) is 70.9 Å². The molecule has 1 aliphatic carbocycles. The van der Waals surface area contributed by atoms with Crippen LogP contribution in [0.5, 0.6) is 0 Å². The summed E-state index contributed by atoms with van der Waals surface area (Å²) in [5.41, 5.74) is 4.23. The Balaban J connectivity index is 1.70. The van der Waals surface area contributed by atoms with Gasteiger partial charge in [-0.3, -0.25) is 9.59 Å². The largest absolute Gasteiger partial charge is 0.385 e. The van der Waals surface area contributed by atoms with Crippen LogP contribution in [0.25, 0.3) is 0 Å². The Labute approximate surface area is 219 Å². The van der Waals surface area contributed by atoms with Crippen LogP contribution in [0.4, 0.5) is 4.39 Å². The van der Waals surface area contributed by atoms with Crippen molar-refractivity contribution in [3.8, 4) is 0 Å². The van der Waals surface area contributed by atoms with Crippen molar-refractivity contribution in [2.45, 2.75) is 44.8 Å². The molecule has 0 bridgehead atoms. The van der Waals surface area contributed by atoms with Gasteiger partial charge in [0, 0.05) is 67.1 Å². The van der Waals surface area contributed by atoms with Crippen molar-refractivity contribution >= 4 is 23.6 Å². The molecule has 0 aromatic heterocycles. The van der Waals surface area contributed by atoms with Crippen molar-refractivity contribution < 1.29 is 14.0 Å². The number of amides is 2. The van der Waals surface area contributed by atoms with Gasteiger partial charge in [0.15, 0.2) is 0 Å². The summed E-state index contributed by atoms with van der Waals surface area (Å²) in [4.78, 5) is 29.9. The van der Waals surface area contributed by atoms with E-state index in [4.69, 9.17) is 0 Å². The van der Waals surface area contributed by atoms with Gasteiger partial charge in [-0.1, -0.05) is 30.4 Å². The highest BCUT2D eigenvalue weighted by atomic mass is 32.2. The molecule has 6 nitrogen and oxygen atoms in total. The van der Waals surface area contributed by atoms with Gasteiger partial charge < -0.3 is 20.4 Å². The Morgan fingerprint density at radius 1 is 1.22 bits per heavy atom. The molecule has 3 aliphatic rings. The summed E-state index contributed by atoms with van der Waals surface area (Å²) >= 11 is 1.83. The Kier molecular flexibility index (Phi) is 11.1. The van der Waals surface area contributed by atoms with Gasteiger partial charge in [0.25, 0.3) is 5.91 Å². The van der Waals surface area contributed by atoms with E-state index in [2.05, 4.69) is 46.9 Å². The molecule has 2 amide bonds. The van der Waals surface area contributed by atoms with Crippen LogP contribution < -0.4 is 10.6 Å². The zero-order chi connectivity index (χ0) is 25.9. The van der Waals surface area contributed by atoms with E-state index in [1.165, 1.54) is 6.08 Å². The summed E-state index contributed by atoms with van der Waals surface area (Å²) in [6, 6.07) is 0. The molecule has 2 aliphatic heterocycles. The van der Waals surface area contributed by atoms with Gasteiger partial charge in [0.1, 0.15) is 0 Å². The first-order chi connectivity index (χ1) is 17.4. The fourth-order valence-electron chi connectivity index (χ4n) is 4.38. The summed E-state index contributed by atoms with van der Waals surface area (Å²) in [6.07, 6.45) is 15.2. The van der Waals surface area contributed by atoms with Gasteiger partial charge in [-0.25, -0.2) is 4.39 Å². The van der Waals surface area contributed by atoms with Gasteiger partial charge in [-0.05, 0) is 51.8 Å². The van der Waals surface area contributed by atoms with Crippen LogP contribution >= 0.6 is 11.8 Å². The first kappa shape index (κ1) is 28.0. The normalized spacial score (nSPS) is 22.6. The number of nitrogens with zero attached hydrogens (tertiary/aromatic N) is 2. The minimum Gasteiger partial charge on any atom is -0.385 e. The van der Waals surface area contributed by atoms with Crippen molar-refractivity contribution in [3.63, 3.8) is 0 Å². The summed E-state index contributed by atoms with van der Waals surface area (Å²) in [5, 5.41) is 6.65. The Morgan fingerprint density at radius 3 is 2.69 bits per heavy atom. The third-order valence-electron chi connectivity index (χ3n) is 6.53. The van der Waals surface area contributed by atoms with Crippen LogP contribution in [-0.2, 0) is 9.59 Å². The summed E-state index contributed by atoms with van der Waals surface area (Å²) in [5.74, 6) is 0.897. The number of allylic oxidation sites excluding steroid dienone is 5. The number of unbranched alkanes of at least 4 members (excludes halogenated alkanes) is 1. The number of piperazine rings is 1. The minimum atomic E-state index is -0.104. The van der Waals surface area contributed by atoms with Crippen molar-refractivity contribution in [2.24, 2.45) is 0 Å². The SMILES string of the molecule is CCN/C(C=C1C(=O)NC2=CCC(SC/C=C/CC/C=C/F)C=C21)=C(/C)CC(=O)N1CCN(C)CC1. The number of hydrogen-bond acceptors (Lipinski definition) is 5. The van der Waals surface area contributed by atoms with Crippen LogP contribution in [0.2, 0.25) is 0 Å². The lowest BCUT2D eigenvalue weighted by molar-refractivity contribution is -0.132. The zero-order valence-electron chi connectivity index (χ0n) is 21.7. The van der Waals surface area contributed by atoms with Gasteiger partial charge in [0.2, 0.25) is 5.91 Å². The smallest absolute Gasteiger partial charge is 0.256 e. The van der Waals surface area contributed by atoms with E-state index < -0.39 is 0 Å². The third kappa shape index (κ3) is 7.96. The molecule has 8 heteroatoms. The first-order valence-electron chi connectivity index (χ1n) is 12.8. The highest BCUT2D eigenvalue weighted by molar-refractivity contribution is 8.00. The Morgan fingerprint density at radius 2 is 1.97 bits per heavy atom. The van der Waals surface area contributed by atoms with Gasteiger partial charge >= 0.3 is 0 Å². The van der Waals surface area contributed by atoms with E-state index in [0.717, 1.165) is 67.3 Å². The highest BCUT2D eigenvalue weighted by Crippen LogP contribution is 2.34. The number of halogens is 1. The third-order valence-corrected chi connectivity index (χ3v) is 7.67. The second-order valence-electron chi connectivity index (χ2n) is 9.31. The lowest BCUT2D eigenvalue weighted by Crippen LogP contribution is -2.47. The first-order valence-corrected chi connectivity index (χ1v) is 13.8. The van der Waals surface area contributed by atoms with E-state index in [0.29, 0.717) is 31.3 Å². The number of carbonyl (C=O) groups is 2. The average Bonchev–Trinajstić information content (AvgIpc) is 3.17. The molecule has 2 saturated heterocycles. The molecule has 196 valence electrons. The molecule has 0 aromatic rings. The second kappa shape index (κ2) is 14.2. The molecular weight excluding hydrogens is 475 g/mol. The maximum Gasteiger partial charge on any atom is 0.256 e. The van der Waals surface area contributed by atoms with Crippen molar-refractivity contribution in [2.75, 3.05) is 45.5 Å². The summed E-state index contributed by atoms with van der Waals surface area (Å²) < 4.78 is 12.0. The van der Waals surface area contributed by atoms with Gasteiger partial charge in [-0.15, -0.1) is 11.8 Å². The van der Waals surface area contributed by atoms with Crippen LogP contribution in [0.3, 0.4) is 0 Å². The lowest BCUT2D eigenvalue weighted by atomic mass is 9.98.